The standard InChI is InChI=1S/C5H6ClN3O/c6-4-2-1-3-8-5(4)9(7)10/h1-3,10H,7H2. The smallest absolute Gasteiger partial charge is 0.189 e. The van der Waals surface area contributed by atoms with Crippen molar-refractivity contribution >= 4 is 17.4 Å². The first-order valence-corrected chi connectivity index (χ1v) is 2.94. The van der Waals surface area contributed by atoms with E-state index in [2.05, 4.69) is 4.98 Å². The van der Waals surface area contributed by atoms with E-state index >= 15 is 0 Å². The van der Waals surface area contributed by atoms with E-state index in [0.717, 1.165) is 0 Å². The highest BCUT2D eigenvalue weighted by atomic mass is 35.5. The van der Waals surface area contributed by atoms with Crippen molar-refractivity contribution in [2.24, 2.45) is 5.84 Å². The van der Waals surface area contributed by atoms with Gasteiger partial charge >= 0.3 is 0 Å². The number of hydrazine groups is 1. The van der Waals surface area contributed by atoms with Crippen LogP contribution in [-0.2, 0) is 0 Å². The van der Waals surface area contributed by atoms with E-state index in [9.17, 15) is 0 Å². The molecular weight excluding hydrogens is 154 g/mol. The minimum absolute atomic E-state index is 0.143. The van der Waals surface area contributed by atoms with Crippen molar-refractivity contribution in [3.05, 3.63) is 23.4 Å². The van der Waals surface area contributed by atoms with Crippen LogP contribution >= 0.6 is 11.6 Å². The molecule has 4 nitrogen and oxygen atoms in total. The molecule has 10 heavy (non-hydrogen) atoms. The number of pyridine rings is 1. The van der Waals surface area contributed by atoms with Gasteiger partial charge in [-0.3, -0.25) is 5.21 Å². The van der Waals surface area contributed by atoms with Crippen LogP contribution in [0.5, 0.6) is 0 Å². The topological polar surface area (TPSA) is 62.4 Å². The van der Waals surface area contributed by atoms with Crippen LogP contribution in [-0.4, -0.2) is 10.2 Å². The lowest BCUT2D eigenvalue weighted by Gasteiger charge is -2.08. The molecule has 0 fully saturated rings. The Kier molecular flexibility index (Phi) is 2.06. The molecule has 0 atom stereocenters. The number of nitrogens with zero attached hydrogens (tertiary/aromatic N) is 2. The molecule has 0 amide bonds. The molecule has 54 valence electrons. The van der Waals surface area contributed by atoms with Crippen molar-refractivity contribution < 1.29 is 5.21 Å². The Morgan fingerprint density at radius 1 is 1.70 bits per heavy atom. The number of hydrogen-bond donors (Lipinski definition) is 2. The first-order chi connectivity index (χ1) is 4.72. The maximum atomic E-state index is 8.67. The van der Waals surface area contributed by atoms with Gasteiger partial charge in [-0.05, 0) is 12.1 Å². The molecule has 5 heteroatoms. The van der Waals surface area contributed by atoms with Gasteiger partial charge in [0.25, 0.3) is 0 Å². The van der Waals surface area contributed by atoms with Gasteiger partial charge in [0.15, 0.2) is 5.82 Å². The van der Waals surface area contributed by atoms with Crippen LogP contribution in [0.25, 0.3) is 0 Å². The molecule has 1 heterocycles. The molecule has 1 aromatic rings. The molecule has 0 saturated carbocycles. The van der Waals surface area contributed by atoms with E-state index in [1.807, 2.05) is 0 Å². The normalized spacial score (nSPS) is 9.50. The third kappa shape index (κ3) is 1.36. The molecule has 0 spiro atoms. The Hall–Kier alpha value is -0.840. The number of halogens is 1. The summed E-state index contributed by atoms with van der Waals surface area (Å²) < 4.78 is 0. The second kappa shape index (κ2) is 2.83. The van der Waals surface area contributed by atoms with Crippen LogP contribution in [0, 0.1) is 0 Å². The molecule has 0 bridgehead atoms. The van der Waals surface area contributed by atoms with Gasteiger partial charge in [-0.1, -0.05) is 11.6 Å². The molecule has 0 aliphatic carbocycles. The minimum atomic E-state index is 0.143. The highest BCUT2D eigenvalue weighted by Gasteiger charge is 2.02. The van der Waals surface area contributed by atoms with Crippen molar-refractivity contribution in [1.82, 2.24) is 4.98 Å². The predicted octanol–water partition coefficient (Wildman–Crippen LogP) is 0.804. The van der Waals surface area contributed by atoms with Crippen molar-refractivity contribution in [2.45, 2.75) is 0 Å². The van der Waals surface area contributed by atoms with Crippen LogP contribution in [0.2, 0.25) is 5.02 Å². The Labute approximate surface area is 62.8 Å². The molecule has 0 aromatic carbocycles. The third-order valence-corrected chi connectivity index (χ3v) is 1.25. The zero-order chi connectivity index (χ0) is 7.56. The molecule has 0 aliphatic rings. The summed E-state index contributed by atoms with van der Waals surface area (Å²) in [4.78, 5) is 3.70. The van der Waals surface area contributed by atoms with E-state index in [0.29, 0.717) is 10.2 Å². The van der Waals surface area contributed by atoms with Crippen LogP contribution in [0.15, 0.2) is 18.3 Å². The molecular formula is C5H6ClN3O. The van der Waals surface area contributed by atoms with E-state index in [1.165, 1.54) is 6.20 Å². The van der Waals surface area contributed by atoms with Crippen LogP contribution in [0.4, 0.5) is 5.82 Å². The number of anilines is 1. The molecule has 1 aromatic heterocycles. The number of rotatable bonds is 1. The molecule has 1 rings (SSSR count). The van der Waals surface area contributed by atoms with Gasteiger partial charge in [0.05, 0.1) is 5.02 Å². The summed E-state index contributed by atoms with van der Waals surface area (Å²) >= 11 is 5.58. The van der Waals surface area contributed by atoms with Gasteiger partial charge in [0.2, 0.25) is 0 Å². The molecule has 0 saturated heterocycles. The lowest BCUT2D eigenvalue weighted by molar-refractivity contribution is 0.254. The lowest BCUT2D eigenvalue weighted by Crippen LogP contribution is -2.27. The Morgan fingerprint density at radius 2 is 2.40 bits per heavy atom. The Bertz CT molecular complexity index is 228. The second-order valence-corrected chi connectivity index (χ2v) is 2.06. The van der Waals surface area contributed by atoms with Gasteiger partial charge in [-0.15, -0.1) is 0 Å². The van der Waals surface area contributed by atoms with Gasteiger partial charge in [0, 0.05) is 6.20 Å². The Balaban J connectivity index is 3.03. The summed E-state index contributed by atoms with van der Waals surface area (Å²) in [5.74, 6) is 5.10. The van der Waals surface area contributed by atoms with Crippen LogP contribution < -0.4 is 11.0 Å². The highest BCUT2D eigenvalue weighted by molar-refractivity contribution is 6.32. The molecule has 0 unspecified atom stereocenters. The number of nitrogens with two attached hydrogens (primary N) is 1. The van der Waals surface area contributed by atoms with Crippen molar-refractivity contribution in [3.8, 4) is 0 Å². The summed E-state index contributed by atoms with van der Waals surface area (Å²) in [7, 11) is 0. The van der Waals surface area contributed by atoms with Gasteiger partial charge in [0.1, 0.15) is 0 Å². The fourth-order valence-corrected chi connectivity index (χ4v) is 0.754. The van der Waals surface area contributed by atoms with E-state index in [-0.39, 0.29) is 5.82 Å². The van der Waals surface area contributed by atoms with E-state index in [1.54, 1.807) is 12.1 Å². The summed E-state index contributed by atoms with van der Waals surface area (Å²) in [6.07, 6.45) is 1.48. The van der Waals surface area contributed by atoms with Crippen molar-refractivity contribution in [3.63, 3.8) is 0 Å². The highest BCUT2D eigenvalue weighted by Crippen LogP contribution is 2.18. The summed E-state index contributed by atoms with van der Waals surface area (Å²) in [5, 5.41) is 9.36. The zero-order valence-corrected chi connectivity index (χ0v) is 5.78. The summed E-state index contributed by atoms with van der Waals surface area (Å²) in [6.45, 7) is 0. The van der Waals surface area contributed by atoms with Crippen molar-refractivity contribution in [1.29, 1.82) is 0 Å². The summed E-state index contributed by atoms with van der Waals surface area (Å²) in [5.41, 5.74) is 0. The molecule has 0 aliphatic heterocycles. The maximum Gasteiger partial charge on any atom is 0.189 e. The molecule has 3 N–H and O–H groups in total. The summed E-state index contributed by atoms with van der Waals surface area (Å²) in [6, 6.07) is 3.23. The van der Waals surface area contributed by atoms with E-state index in [4.69, 9.17) is 22.7 Å². The predicted molar refractivity (Wildman–Crippen MR) is 37.7 cm³/mol. The number of hydrogen-bond acceptors (Lipinski definition) is 4. The van der Waals surface area contributed by atoms with Crippen LogP contribution in [0.3, 0.4) is 0 Å². The fraction of sp³-hybridized carbons (Fsp3) is 0. The average molecular weight is 160 g/mol. The van der Waals surface area contributed by atoms with Crippen LogP contribution in [0.1, 0.15) is 0 Å². The minimum Gasteiger partial charge on any atom is -0.272 e. The van der Waals surface area contributed by atoms with E-state index < -0.39 is 0 Å². The quantitative estimate of drug-likeness (QED) is 0.470. The fourth-order valence-electron chi connectivity index (χ4n) is 0.546. The first-order valence-electron chi connectivity index (χ1n) is 2.56. The van der Waals surface area contributed by atoms with Gasteiger partial charge < -0.3 is 0 Å². The largest absolute Gasteiger partial charge is 0.272 e. The molecule has 0 radical (unpaired) electrons. The lowest BCUT2D eigenvalue weighted by atomic mass is 10.5. The van der Waals surface area contributed by atoms with Crippen molar-refractivity contribution in [2.75, 3.05) is 5.17 Å². The Morgan fingerprint density at radius 3 is 2.80 bits per heavy atom. The maximum absolute atomic E-state index is 8.67. The SMILES string of the molecule is NN(O)c1ncccc1Cl. The van der Waals surface area contributed by atoms with Gasteiger partial charge in [-0.25, -0.2) is 10.8 Å². The third-order valence-electron chi connectivity index (χ3n) is 0.956. The number of aromatic nitrogens is 1. The second-order valence-electron chi connectivity index (χ2n) is 1.65. The zero-order valence-electron chi connectivity index (χ0n) is 5.03. The average Bonchev–Trinajstić information content (AvgIpc) is 1.88. The van der Waals surface area contributed by atoms with Gasteiger partial charge in [-0.2, -0.15) is 5.17 Å². The first kappa shape index (κ1) is 7.27. The monoisotopic (exact) mass is 159 g/mol.